The van der Waals surface area contributed by atoms with Gasteiger partial charge in [0.05, 0.1) is 6.04 Å². The summed E-state index contributed by atoms with van der Waals surface area (Å²) in [4.78, 5) is 17.1. The number of hydrogen-bond donors (Lipinski definition) is 2. The van der Waals surface area contributed by atoms with Gasteiger partial charge in [-0.25, -0.2) is 0 Å². The molecule has 1 amide bonds. The van der Waals surface area contributed by atoms with E-state index in [2.05, 4.69) is 34.7 Å². The molecule has 0 bridgehead atoms. The summed E-state index contributed by atoms with van der Waals surface area (Å²) < 4.78 is 0. The molecule has 0 spiro atoms. The Kier molecular flexibility index (Phi) is 5.49. The summed E-state index contributed by atoms with van der Waals surface area (Å²) in [6.45, 7) is 1.75. The molecule has 5 heteroatoms. The second kappa shape index (κ2) is 8.16. The summed E-state index contributed by atoms with van der Waals surface area (Å²) in [7, 11) is 0. The second-order valence-corrected chi connectivity index (χ2v) is 6.01. The zero-order valence-electron chi connectivity index (χ0n) is 14.6. The van der Waals surface area contributed by atoms with Gasteiger partial charge < -0.3 is 15.9 Å². The highest BCUT2D eigenvalue weighted by Gasteiger charge is 2.10. The first-order chi connectivity index (χ1) is 12.6. The van der Waals surface area contributed by atoms with E-state index >= 15 is 0 Å². The number of carbonyl (C=O) groups excluding carboxylic acids is 1. The number of fused-ring (bicyclic) bond motifs is 1. The number of amidine groups is 1. The molecule has 0 saturated heterocycles. The van der Waals surface area contributed by atoms with Crippen LogP contribution in [0.4, 0.5) is 0 Å². The van der Waals surface area contributed by atoms with Crippen molar-refractivity contribution in [2.24, 2.45) is 10.9 Å². The number of hydrogen-bond acceptors (Lipinski definition) is 3. The van der Waals surface area contributed by atoms with Gasteiger partial charge in [0.15, 0.2) is 12.4 Å². The van der Waals surface area contributed by atoms with Crippen molar-refractivity contribution in [1.82, 2.24) is 5.32 Å². The Morgan fingerprint density at radius 3 is 2.50 bits per heavy atom. The van der Waals surface area contributed by atoms with E-state index in [1.165, 1.54) is 5.39 Å². The Labute approximate surface area is 152 Å². The van der Waals surface area contributed by atoms with Crippen LogP contribution in [-0.2, 0) is 9.63 Å². The van der Waals surface area contributed by atoms with Crippen LogP contribution < -0.4 is 11.1 Å². The third kappa shape index (κ3) is 4.39. The molecule has 0 aliphatic heterocycles. The highest BCUT2D eigenvalue weighted by atomic mass is 16.6. The lowest BCUT2D eigenvalue weighted by Crippen LogP contribution is -2.30. The first-order valence-electron chi connectivity index (χ1n) is 8.42. The minimum absolute atomic E-state index is 0.133. The molecule has 0 saturated carbocycles. The Hall–Kier alpha value is -3.34. The number of amides is 1. The monoisotopic (exact) mass is 347 g/mol. The van der Waals surface area contributed by atoms with E-state index in [9.17, 15) is 4.79 Å². The van der Waals surface area contributed by atoms with E-state index in [4.69, 9.17) is 10.6 Å². The van der Waals surface area contributed by atoms with Gasteiger partial charge in [0.1, 0.15) is 0 Å². The topological polar surface area (TPSA) is 76.7 Å². The van der Waals surface area contributed by atoms with Crippen molar-refractivity contribution in [3.05, 3.63) is 83.9 Å². The van der Waals surface area contributed by atoms with Crippen LogP contribution in [0.25, 0.3) is 10.8 Å². The molecule has 0 aliphatic rings. The first-order valence-corrected chi connectivity index (χ1v) is 8.42. The van der Waals surface area contributed by atoms with Crippen molar-refractivity contribution in [3.63, 3.8) is 0 Å². The molecule has 132 valence electrons. The van der Waals surface area contributed by atoms with Crippen LogP contribution in [0.3, 0.4) is 0 Å². The maximum atomic E-state index is 12.1. The first kappa shape index (κ1) is 17.5. The van der Waals surface area contributed by atoms with E-state index < -0.39 is 0 Å². The Morgan fingerprint density at radius 2 is 1.73 bits per heavy atom. The molecule has 0 heterocycles. The number of nitrogens with one attached hydrogen (secondary N) is 1. The smallest absolute Gasteiger partial charge is 0.261 e. The molecule has 26 heavy (non-hydrogen) atoms. The van der Waals surface area contributed by atoms with Crippen LogP contribution >= 0.6 is 0 Å². The lowest BCUT2D eigenvalue weighted by molar-refractivity contribution is -0.126. The standard InChI is InChI=1S/C21H21N3O2/c1-15(18-12-11-16-7-5-6-10-19(16)13-18)23-20(25)14-26-24-21(22)17-8-3-2-4-9-17/h2-13,15H,14H2,1H3,(H2,22,24)(H,23,25)/t15-/m1/s1. The fraction of sp³-hybridized carbons (Fsp3) is 0.143. The van der Waals surface area contributed by atoms with Gasteiger partial charge in [-0.15, -0.1) is 0 Å². The third-order valence-electron chi connectivity index (χ3n) is 4.08. The molecule has 1 atom stereocenters. The zero-order chi connectivity index (χ0) is 18.4. The van der Waals surface area contributed by atoms with E-state index in [-0.39, 0.29) is 24.4 Å². The lowest BCUT2D eigenvalue weighted by atomic mass is 10.0. The average Bonchev–Trinajstić information content (AvgIpc) is 2.68. The number of nitrogens with two attached hydrogens (primary N) is 1. The van der Waals surface area contributed by atoms with E-state index in [0.29, 0.717) is 0 Å². The fourth-order valence-corrected chi connectivity index (χ4v) is 2.67. The molecule has 3 rings (SSSR count). The predicted molar refractivity (Wildman–Crippen MR) is 104 cm³/mol. The molecule has 3 aromatic carbocycles. The van der Waals surface area contributed by atoms with Crippen LogP contribution in [0.2, 0.25) is 0 Å². The molecule has 0 aromatic heterocycles. The van der Waals surface area contributed by atoms with Crippen LogP contribution in [0, 0.1) is 0 Å². The molecule has 0 radical (unpaired) electrons. The maximum Gasteiger partial charge on any atom is 0.261 e. The largest absolute Gasteiger partial charge is 0.384 e. The van der Waals surface area contributed by atoms with E-state index in [1.807, 2.05) is 55.5 Å². The highest BCUT2D eigenvalue weighted by molar-refractivity contribution is 5.97. The maximum absolute atomic E-state index is 12.1. The van der Waals surface area contributed by atoms with Gasteiger partial charge in [-0.2, -0.15) is 0 Å². The van der Waals surface area contributed by atoms with E-state index in [0.717, 1.165) is 16.5 Å². The van der Waals surface area contributed by atoms with Crippen molar-refractivity contribution in [2.45, 2.75) is 13.0 Å². The number of benzene rings is 3. The molecular weight excluding hydrogens is 326 g/mol. The summed E-state index contributed by atoms with van der Waals surface area (Å²) in [6.07, 6.45) is 0. The molecule has 3 N–H and O–H groups in total. The Morgan fingerprint density at radius 1 is 1.04 bits per heavy atom. The van der Waals surface area contributed by atoms with Gasteiger partial charge in [-0.05, 0) is 29.3 Å². The summed E-state index contributed by atoms with van der Waals surface area (Å²) in [6, 6.07) is 23.4. The van der Waals surface area contributed by atoms with Crippen molar-refractivity contribution >= 4 is 22.5 Å². The van der Waals surface area contributed by atoms with Crippen molar-refractivity contribution in [3.8, 4) is 0 Å². The minimum atomic E-state index is -0.254. The number of nitrogens with zero attached hydrogens (tertiary/aromatic N) is 1. The van der Waals surface area contributed by atoms with Gasteiger partial charge in [0, 0.05) is 5.56 Å². The fourth-order valence-electron chi connectivity index (χ4n) is 2.67. The molecule has 0 unspecified atom stereocenters. The normalized spacial score (nSPS) is 12.6. The van der Waals surface area contributed by atoms with Crippen LogP contribution in [0.1, 0.15) is 24.1 Å². The van der Waals surface area contributed by atoms with Crippen molar-refractivity contribution in [2.75, 3.05) is 6.61 Å². The van der Waals surface area contributed by atoms with Crippen LogP contribution in [0.5, 0.6) is 0 Å². The predicted octanol–water partition coefficient (Wildman–Crippen LogP) is 3.35. The van der Waals surface area contributed by atoms with Gasteiger partial charge in [0.2, 0.25) is 0 Å². The Bertz CT molecular complexity index is 923. The summed E-state index contributed by atoms with van der Waals surface area (Å²) >= 11 is 0. The van der Waals surface area contributed by atoms with Gasteiger partial charge in [0.25, 0.3) is 5.91 Å². The van der Waals surface area contributed by atoms with E-state index in [1.54, 1.807) is 0 Å². The quantitative estimate of drug-likeness (QED) is 0.408. The molecule has 0 fully saturated rings. The second-order valence-electron chi connectivity index (χ2n) is 6.01. The summed E-state index contributed by atoms with van der Waals surface area (Å²) in [5.41, 5.74) is 7.60. The van der Waals surface area contributed by atoms with Gasteiger partial charge >= 0.3 is 0 Å². The lowest BCUT2D eigenvalue weighted by Gasteiger charge is -2.14. The van der Waals surface area contributed by atoms with Gasteiger partial charge in [-0.1, -0.05) is 71.9 Å². The third-order valence-corrected chi connectivity index (χ3v) is 4.08. The molecule has 0 aliphatic carbocycles. The zero-order valence-corrected chi connectivity index (χ0v) is 14.6. The minimum Gasteiger partial charge on any atom is -0.384 e. The number of oxime groups is 1. The molecule has 5 nitrogen and oxygen atoms in total. The molecule has 3 aromatic rings. The Balaban J connectivity index is 1.55. The van der Waals surface area contributed by atoms with Crippen molar-refractivity contribution in [1.29, 1.82) is 0 Å². The summed E-state index contributed by atoms with van der Waals surface area (Å²) in [5, 5.41) is 9.00. The van der Waals surface area contributed by atoms with Crippen LogP contribution in [0.15, 0.2) is 78.0 Å². The number of rotatable bonds is 6. The van der Waals surface area contributed by atoms with Crippen LogP contribution in [-0.4, -0.2) is 18.3 Å². The SMILES string of the molecule is C[C@@H](NC(=O)CO/N=C(/N)c1ccccc1)c1ccc2ccccc2c1. The summed E-state index contributed by atoms with van der Waals surface area (Å²) in [5.74, 6) is -0.0174. The average molecular weight is 347 g/mol. The molecular formula is C21H21N3O2. The highest BCUT2D eigenvalue weighted by Crippen LogP contribution is 2.20. The van der Waals surface area contributed by atoms with Crippen molar-refractivity contribution < 1.29 is 9.63 Å². The van der Waals surface area contributed by atoms with Gasteiger partial charge in [-0.3, -0.25) is 4.79 Å². The number of carbonyl (C=O) groups is 1.